The first kappa shape index (κ1) is 10.9. The summed E-state index contributed by atoms with van der Waals surface area (Å²) in [6.07, 6.45) is 0. The fourth-order valence-electron chi connectivity index (χ4n) is 1.44. The summed E-state index contributed by atoms with van der Waals surface area (Å²) < 4.78 is 0. The molecule has 3 N–H and O–H groups in total. The minimum absolute atomic E-state index is 0.101. The summed E-state index contributed by atoms with van der Waals surface area (Å²) in [6.45, 7) is 0. The lowest BCUT2D eigenvalue weighted by molar-refractivity contribution is -0.383. The number of H-pyrrole nitrogens is 1. The minimum Gasteiger partial charge on any atom is -0.366 e. The molecule has 0 radical (unpaired) electrons. The van der Waals surface area contributed by atoms with E-state index in [9.17, 15) is 10.1 Å². The Balaban J connectivity index is 2.33. The lowest BCUT2D eigenvalue weighted by Crippen LogP contribution is -1.97. The van der Waals surface area contributed by atoms with Crippen LogP contribution in [0.4, 0.5) is 23.0 Å². The molecule has 1 aromatic heterocycles. The SMILES string of the molecule is CNc1n[nH]c(Nc2ccccc2)c1[N+](=O)[O-]. The van der Waals surface area contributed by atoms with Crippen LogP contribution in [-0.4, -0.2) is 22.2 Å². The third-order valence-electron chi connectivity index (χ3n) is 2.20. The molecule has 2 aromatic rings. The van der Waals surface area contributed by atoms with Gasteiger partial charge < -0.3 is 10.6 Å². The maximum absolute atomic E-state index is 10.9. The van der Waals surface area contributed by atoms with Crippen LogP contribution in [0.25, 0.3) is 0 Å². The molecule has 0 saturated heterocycles. The first-order valence-corrected chi connectivity index (χ1v) is 4.95. The first-order valence-electron chi connectivity index (χ1n) is 4.95. The van der Waals surface area contributed by atoms with Crippen LogP contribution >= 0.6 is 0 Å². The van der Waals surface area contributed by atoms with Crippen LogP contribution in [0.2, 0.25) is 0 Å². The fourth-order valence-corrected chi connectivity index (χ4v) is 1.44. The molecule has 17 heavy (non-hydrogen) atoms. The molecule has 7 nitrogen and oxygen atoms in total. The molecular formula is C10H11N5O2. The largest absolute Gasteiger partial charge is 0.366 e. The Bertz CT molecular complexity index is 523. The Hall–Kier alpha value is -2.57. The number of anilines is 3. The van der Waals surface area contributed by atoms with Gasteiger partial charge in [-0.1, -0.05) is 18.2 Å². The van der Waals surface area contributed by atoms with Gasteiger partial charge in [-0.05, 0) is 12.1 Å². The van der Waals surface area contributed by atoms with Gasteiger partial charge >= 0.3 is 5.69 Å². The van der Waals surface area contributed by atoms with Crippen molar-refractivity contribution in [3.8, 4) is 0 Å². The van der Waals surface area contributed by atoms with Crippen molar-refractivity contribution in [2.24, 2.45) is 0 Å². The highest BCUT2D eigenvalue weighted by Gasteiger charge is 2.23. The predicted molar refractivity (Wildman–Crippen MR) is 64.5 cm³/mol. The monoisotopic (exact) mass is 233 g/mol. The summed E-state index contributed by atoms with van der Waals surface area (Å²) in [5, 5.41) is 22.9. The number of benzene rings is 1. The first-order chi connectivity index (χ1) is 8.22. The number of aromatic nitrogens is 2. The molecule has 0 aliphatic carbocycles. The van der Waals surface area contributed by atoms with Gasteiger partial charge in [-0.2, -0.15) is 0 Å². The van der Waals surface area contributed by atoms with Gasteiger partial charge in [0.05, 0.1) is 4.92 Å². The Morgan fingerprint density at radius 3 is 2.65 bits per heavy atom. The molecule has 0 spiro atoms. The molecule has 0 bridgehead atoms. The molecule has 0 atom stereocenters. The van der Waals surface area contributed by atoms with Gasteiger partial charge in [-0.3, -0.25) is 15.2 Å². The van der Waals surface area contributed by atoms with E-state index < -0.39 is 4.92 Å². The quantitative estimate of drug-likeness (QED) is 0.555. The molecule has 2 rings (SSSR count). The number of rotatable bonds is 4. The Morgan fingerprint density at radius 2 is 2.06 bits per heavy atom. The van der Waals surface area contributed by atoms with Gasteiger partial charge in [0.2, 0.25) is 11.6 Å². The number of nitrogens with one attached hydrogen (secondary N) is 3. The lowest BCUT2D eigenvalue weighted by Gasteiger charge is -2.02. The Kier molecular flexibility index (Phi) is 2.91. The maximum Gasteiger partial charge on any atom is 0.354 e. The van der Waals surface area contributed by atoms with Crippen LogP contribution in [-0.2, 0) is 0 Å². The van der Waals surface area contributed by atoms with Gasteiger partial charge in [-0.25, -0.2) is 0 Å². The lowest BCUT2D eigenvalue weighted by atomic mass is 10.3. The van der Waals surface area contributed by atoms with Crippen LogP contribution in [0.3, 0.4) is 0 Å². The Labute approximate surface area is 97.0 Å². The molecule has 88 valence electrons. The average molecular weight is 233 g/mol. The molecule has 1 heterocycles. The van der Waals surface area contributed by atoms with E-state index in [1.165, 1.54) is 0 Å². The highest BCUT2D eigenvalue weighted by atomic mass is 16.6. The molecule has 0 unspecified atom stereocenters. The van der Waals surface area contributed by atoms with Gasteiger partial charge in [-0.15, -0.1) is 5.10 Å². The molecule has 0 aliphatic heterocycles. The van der Waals surface area contributed by atoms with Crippen LogP contribution in [0, 0.1) is 10.1 Å². The third kappa shape index (κ3) is 2.17. The summed E-state index contributed by atoms with van der Waals surface area (Å²) in [4.78, 5) is 10.4. The summed E-state index contributed by atoms with van der Waals surface area (Å²) in [5.74, 6) is 0.457. The molecule has 0 aliphatic rings. The number of hydrogen-bond acceptors (Lipinski definition) is 5. The fraction of sp³-hybridized carbons (Fsp3) is 0.100. The standard InChI is InChI=1S/C10H11N5O2/c1-11-9-8(15(16)17)10(14-13-9)12-7-5-3-2-4-6-7/h2-6H,1H3,(H3,11,12,13,14). The Morgan fingerprint density at radius 1 is 1.35 bits per heavy atom. The van der Waals surface area contributed by atoms with E-state index in [4.69, 9.17) is 0 Å². The van der Waals surface area contributed by atoms with Crippen molar-refractivity contribution < 1.29 is 4.92 Å². The van der Waals surface area contributed by atoms with Crippen molar-refractivity contribution in [2.45, 2.75) is 0 Å². The minimum atomic E-state index is -0.486. The summed E-state index contributed by atoms with van der Waals surface area (Å²) in [5.41, 5.74) is 0.651. The zero-order chi connectivity index (χ0) is 12.3. The van der Waals surface area contributed by atoms with Crippen LogP contribution in [0.1, 0.15) is 0 Å². The number of nitro groups is 1. The van der Waals surface area contributed by atoms with Crippen molar-refractivity contribution in [1.29, 1.82) is 0 Å². The van der Waals surface area contributed by atoms with Gasteiger partial charge in [0.25, 0.3) is 0 Å². The molecule has 7 heteroatoms. The predicted octanol–water partition coefficient (Wildman–Crippen LogP) is 2.10. The van der Waals surface area contributed by atoms with E-state index in [2.05, 4.69) is 20.8 Å². The highest BCUT2D eigenvalue weighted by molar-refractivity contribution is 5.74. The van der Waals surface area contributed by atoms with E-state index >= 15 is 0 Å². The van der Waals surface area contributed by atoms with Crippen molar-refractivity contribution in [3.63, 3.8) is 0 Å². The van der Waals surface area contributed by atoms with Crippen molar-refractivity contribution in [2.75, 3.05) is 17.7 Å². The number of aromatic amines is 1. The van der Waals surface area contributed by atoms with Crippen molar-refractivity contribution in [1.82, 2.24) is 10.2 Å². The van der Waals surface area contributed by atoms with Crippen LogP contribution in [0.15, 0.2) is 30.3 Å². The van der Waals surface area contributed by atoms with E-state index in [1.807, 2.05) is 30.3 Å². The summed E-state index contributed by atoms with van der Waals surface area (Å²) in [6, 6.07) is 9.16. The van der Waals surface area contributed by atoms with Crippen LogP contribution in [0.5, 0.6) is 0 Å². The zero-order valence-electron chi connectivity index (χ0n) is 9.10. The van der Waals surface area contributed by atoms with E-state index in [-0.39, 0.29) is 17.3 Å². The normalized spacial score (nSPS) is 9.94. The second-order valence-corrected chi connectivity index (χ2v) is 3.29. The topological polar surface area (TPSA) is 95.9 Å². The molecule has 0 fully saturated rings. The second-order valence-electron chi connectivity index (χ2n) is 3.29. The van der Waals surface area contributed by atoms with E-state index in [0.717, 1.165) is 5.69 Å². The zero-order valence-corrected chi connectivity index (χ0v) is 9.10. The van der Waals surface area contributed by atoms with Crippen molar-refractivity contribution in [3.05, 3.63) is 40.4 Å². The molecule has 1 aromatic carbocycles. The van der Waals surface area contributed by atoms with E-state index in [1.54, 1.807) is 7.05 Å². The summed E-state index contributed by atoms with van der Waals surface area (Å²) in [7, 11) is 1.58. The summed E-state index contributed by atoms with van der Waals surface area (Å²) >= 11 is 0. The smallest absolute Gasteiger partial charge is 0.354 e. The van der Waals surface area contributed by atoms with Crippen molar-refractivity contribution >= 4 is 23.0 Å². The molecular weight excluding hydrogens is 222 g/mol. The number of nitrogens with zero attached hydrogens (tertiary/aromatic N) is 2. The third-order valence-corrected chi connectivity index (χ3v) is 2.20. The number of para-hydroxylation sites is 1. The molecule has 0 amide bonds. The van der Waals surface area contributed by atoms with Crippen LogP contribution < -0.4 is 10.6 Å². The molecule has 0 saturated carbocycles. The van der Waals surface area contributed by atoms with E-state index in [0.29, 0.717) is 0 Å². The van der Waals surface area contributed by atoms with Gasteiger partial charge in [0, 0.05) is 12.7 Å². The highest BCUT2D eigenvalue weighted by Crippen LogP contribution is 2.31. The maximum atomic E-state index is 10.9. The number of hydrogen-bond donors (Lipinski definition) is 3. The van der Waals surface area contributed by atoms with Gasteiger partial charge in [0.15, 0.2) is 0 Å². The average Bonchev–Trinajstić information content (AvgIpc) is 2.73. The second kappa shape index (κ2) is 4.52. The van der Waals surface area contributed by atoms with Gasteiger partial charge in [0.1, 0.15) is 0 Å².